The van der Waals surface area contributed by atoms with E-state index in [0.717, 1.165) is 12.8 Å². The highest BCUT2D eigenvalue weighted by Gasteiger charge is 2.30. The molecule has 1 aromatic rings. The summed E-state index contributed by atoms with van der Waals surface area (Å²) in [5.74, 6) is 0.0402. The third-order valence-electron chi connectivity index (χ3n) is 3.58. The molecule has 1 saturated heterocycles. The number of hydrogen-bond donors (Lipinski definition) is 0. The van der Waals surface area contributed by atoms with Crippen LogP contribution in [0.4, 0.5) is 0 Å². The number of hydrogen-bond acceptors (Lipinski definition) is 4. The van der Waals surface area contributed by atoms with E-state index in [1.165, 1.54) is 16.4 Å². The molecule has 1 aromatic carbocycles. The zero-order valence-corrected chi connectivity index (χ0v) is 12.8. The second kappa shape index (κ2) is 5.44. The Bertz CT molecular complexity index is 720. The first-order chi connectivity index (χ1) is 9.98. The lowest BCUT2D eigenvalue weighted by molar-refractivity contribution is -0.134. The van der Waals surface area contributed by atoms with Crippen LogP contribution in [0.5, 0.6) is 0 Å². The Balaban J connectivity index is 2.00. The monoisotopic (exact) mass is 327 g/mol. The number of carbonyl (C=O) groups is 1. The molecule has 2 aliphatic heterocycles. The quantitative estimate of drug-likeness (QED) is 0.800. The van der Waals surface area contributed by atoms with E-state index in [9.17, 15) is 13.2 Å². The van der Waals surface area contributed by atoms with Gasteiger partial charge in [0.05, 0.1) is 11.4 Å². The molecule has 0 bridgehead atoms. The van der Waals surface area contributed by atoms with Crippen molar-refractivity contribution in [1.29, 1.82) is 0 Å². The Hall–Kier alpha value is -1.37. The molecular formula is C14H14ClNO4S. The number of benzene rings is 1. The van der Waals surface area contributed by atoms with E-state index in [1.54, 1.807) is 12.1 Å². The van der Waals surface area contributed by atoms with Gasteiger partial charge in [0.2, 0.25) is 10.0 Å². The predicted molar refractivity (Wildman–Crippen MR) is 78.1 cm³/mol. The molecule has 0 radical (unpaired) electrons. The van der Waals surface area contributed by atoms with Crippen LogP contribution in [0.15, 0.2) is 29.2 Å². The van der Waals surface area contributed by atoms with E-state index in [2.05, 4.69) is 0 Å². The van der Waals surface area contributed by atoms with Crippen LogP contribution in [0.3, 0.4) is 0 Å². The molecule has 0 spiro atoms. The van der Waals surface area contributed by atoms with Gasteiger partial charge in [-0.05, 0) is 37.1 Å². The van der Waals surface area contributed by atoms with Gasteiger partial charge < -0.3 is 4.74 Å². The molecule has 0 N–H and O–H groups in total. The second-order valence-electron chi connectivity index (χ2n) is 5.00. The predicted octanol–water partition coefficient (Wildman–Crippen LogP) is 2.41. The summed E-state index contributed by atoms with van der Waals surface area (Å²) >= 11 is 6.06. The molecule has 2 heterocycles. The van der Waals surface area contributed by atoms with Gasteiger partial charge in [-0.15, -0.1) is 0 Å². The summed E-state index contributed by atoms with van der Waals surface area (Å²) in [6.07, 6.45) is 3.56. The third-order valence-corrected chi connectivity index (χ3v) is 5.96. The summed E-state index contributed by atoms with van der Waals surface area (Å²) in [6, 6.07) is 4.64. The molecule has 0 atom stereocenters. The number of cyclic esters (lactones) is 1. The number of halogens is 1. The van der Waals surface area contributed by atoms with Crippen molar-refractivity contribution in [2.75, 3.05) is 13.1 Å². The van der Waals surface area contributed by atoms with E-state index < -0.39 is 10.0 Å². The maximum absolute atomic E-state index is 12.6. The average molecular weight is 328 g/mol. The maximum atomic E-state index is 12.6. The Morgan fingerprint density at radius 1 is 1.19 bits per heavy atom. The SMILES string of the molecule is O=C1CC=C(c2ccc(Cl)c(S(=O)(=O)N3CCCC3)c2)O1. The summed E-state index contributed by atoms with van der Waals surface area (Å²) in [5.41, 5.74) is 0.544. The van der Waals surface area contributed by atoms with Crippen LogP contribution in [0.25, 0.3) is 5.76 Å². The first-order valence-electron chi connectivity index (χ1n) is 6.69. The number of nitrogens with zero attached hydrogens (tertiary/aromatic N) is 1. The van der Waals surface area contributed by atoms with Crippen LogP contribution >= 0.6 is 11.6 Å². The van der Waals surface area contributed by atoms with Crippen molar-refractivity contribution < 1.29 is 17.9 Å². The molecule has 0 aromatic heterocycles. The lowest BCUT2D eigenvalue weighted by Gasteiger charge is -2.17. The molecule has 0 saturated carbocycles. The first-order valence-corrected chi connectivity index (χ1v) is 8.51. The van der Waals surface area contributed by atoms with Gasteiger partial charge in [-0.25, -0.2) is 8.42 Å². The van der Waals surface area contributed by atoms with Gasteiger partial charge in [0.15, 0.2) is 0 Å². The molecule has 0 unspecified atom stereocenters. The smallest absolute Gasteiger partial charge is 0.315 e. The third kappa shape index (κ3) is 2.71. The van der Waals surface area contributed by atoms with E-state index in [4.69, 9.17) is 16.3 Å². The van der Waals surface area contributed by atoms with Crippen LogP contribution in [0.2, 0.25) is 5.02 Å². The number of rotatable bonds is 3. The summed E-state index contributed by atoms with van der Waals surface area (Å²) < 4.78 is 31.7. The highest BCUT2D eigenvalue weighted by Crippen LogP contribution is 2.31. The normalized spacial score (nSPS) is 19.7. The van der Waals surface area contributed by atoms with Gasteiger partial charge in [0.1, 0.15) is 10.7 Å². The summed E-state index contributed by atoms with van der Waals surface area (Å²) in [6.45, 7) is 1.03. The van der Waals surface area contributed by atoms with Crippen LogP contribution in [0, 0.1) is 0 Å². The zero-order chi connectivity index (χ0) is 15.0. The molecule has 21 heavy (non-hydrogen) atoms. The topological polar surface area (TPSA) is 63.7 Å². The molecular weight excluding hydrogens is 314 g/mol. The van der Waals surface area contributed by atoms with E-state index in [0.29, 0.717) is 24.4 Å². The van der Waals surface area contributed by atoms with E-state index in [-0.39, 0.29) is 22.3 Å². The molecule has 2 aliphatic rings. The van der Waals surface area contributed by atoms with Gasteiger partial charge in [0.25, 0.3) is 0 Å². The number of ether oxygens (including phenoxy) is 1. The molecule has 5 nitrogen and oxygen atoms in total. The van der Waals surface area contributed by atoms with Gasteiger partial charge in [-0.2, -0.15) is 4.31 Å². The number of esters is 1. The van der Waals surface area contributed by atoms with Gasteiger partial charge in [-0.1, -0.05) is 11.6 Å². The number of sulfonamides is 1. The molecule has 0 amide bonds. The maximum Gasteiger partial charge on any atom is 0.315 e. The van der Waals surface area contributed by atoms with Crippen molar-refractivity contribution in [3.05, 3.63) is 34.9 Å². The highest BCUT2D eigenvalue weighted by molar-refractivity contribution is 7.89. The first kappa shape index (κ1) is 14.6. The Kier molecular flexibility index (Phi) is 3.77. The average Bonchev–Trinajstić information content (AvgIpc) is 3.10. The van der Waals surface area contributed by atoms with Crippen molar-refractivity contribution in [3.63, 3.8) is 0 Å². The van der Waals surface area contributed by atoms with Gasteiger partial charge in [0, 0.05) is 18.7 Å². The molecule has 3 rings (SSSR count). The summed E-state index contributed by atoms with van der Waals surface area (Å²) in [7, 11) is -3.60. The fourth-order valence-corrected chi connectivity index (χ4v) is 4.50. The summed E-state index contributed by atoms with van der Waals surface area (Å²) in [4.78, 5) is 11.2. The molecule has 0 aliphatic carbocycles. The van der Waals surface area contributed by atoms with Crippen molar-refractivity contribution in [2.24, 2.45) is 0 Å². The Morgan fingerprint density at radius 2 is 1.90 bits per heavy atom. The lowest BCUT2D eigenvalue weighted by Crippen LogP contribution is -2.28. The molecule has 112 valence electrons. The minimum Gasteiger partial charge on any atom is -0.426 e. The van der Waals surface area contributed by atoms with Crippen LogP contribution < -0.4 is 0 Å². The highest BCUT2D eigenvalue weighted by atomic mass is 35.5. The van der Waals surface area contributed by atoms with Crippen LogP contribution in [-0.4, -0.2) is 31.8 Å². The fourth-order valence-electron chi connectivity index (χ4n) is 2.48. The van der Waals surface area contributed by atoms with E-state index in [1.807, 2.05) is 0 Å². The van der Waals surface area contributed by atoms with Crippen LogP contribution in [-0.2, 0) is 19.6 Å². The van der Waals surface area contributed by atoms with Crippen LogP contribution in [0.1, 0.15) is 24.8 Å². The van der Waals surface area contributed by atoms with Gasteiger partial charge >= 0.3 is 5.97 Å². The lowest BCUT2D eigenvalue weighted by atomic mass is 10.2. The second-order valence-corrected chi connectivity index (χ2v) is 7.32. The molecule has 7 heteroatoms. The van der Waals surface area contributed by atoms with Crippen molar-refractivity contribution in [3.8, 4) is 0 Å². The summed E-state index contributed by atoms with van der Waals surface area (Å²) in [5, 5.41) is 0.176. The molecule has 1 fully saturated rings. The van der Waals surface area contributed by atoms with Gasteiger partial charge in [-0.3, -0.25) is 4.79 Å². The Morgan fingerprint density at radius 3 is 2.52 bits per heavy atom. The fraction of sp³-hybridized carbons (Fsp3) is 0.357. The Labute approximate surface area is 128 Å². The number of carbonyl (C=O) groups excluding carboxylic acids is 1. The zero-order valence-electron chi connectivity index (χ0n) is 11.2. The van der Waals surface area contributed by atoms with Crippen molar-refractivity contribution >= 4 is 33.4 Å². The minimum atomic E-state index is -3.60. The van der Waals surface area contributed by atoms with Crippen molar-refractivity contribution in [2.45, 2.75) is 24.2 Å². The largest absolute Gasteiger partial charge is 0.426 e. The van der Waals surface area contributed by atoms with Crippen molar-refractivity contribution in [1.82, 2.24) is 4.31 Å². The van der Waals surface area contributed by atoms with E-state index >= 15 is 0 Å². The standard InChI is InChI=1S/C14H14ClNO4S/c15-11-4-3-10(12-5-6-14(17)20-12)9-13(11)21(18,19)16-7-1-2-8-16/h3-5,9H,1-2,6-8H2. The minimum absolute atomic E-state index is 0.0624.